The molecule has 2 heterocycles. The molecule has 0 N–H and O–H groups in total. The lowest BCUT2D eigenvalue weighted by molar-refractivity contribution is -0.153. The fourth-order valence-corrected chi connectivity index (χ4v) is 4.56. The second kappa shape index (κ2) is 9.83. The van der Waals surface area contributed by atoms with Crippen molar-refractivity contribution in [2.45, 2.75) is 38.5 Å². The number of carbonyl (C=O) groups is 1. The Kier molecular flexibility index (Phi) is 6.92. The Morgan fingerprint density at radius 1 is 1.23 bits per heavy atom. The number of hydrogen-bond acceptors (Lipinski definition) is 6. The molecule has 2 aromatic rings. The quantitative estimate of drug-likeness (QED) is 0.470. The van der Waals surface area contributed by atoms with E-state index in [4.69, 9.17) is 21.1 Å². The number of methoxy groups -OCH3 is 1. The molecular weight excluding hydrogens is 421 g/mol. The molecule has 1 saturated carbocycles. The topological polar surface area (TPSA) is 74.2 Å². The van der Waals surface area contributed by atoms with Crippen LogP contribution in [0.1, 0.15) is 48.5 Å². The molecule has 0 aromatic carbocycles. The van der Waals surface area contributed by atoms with Gasteiger partial charge in [-0.3, -0.25) is 9.78 Å². The van der Waals surface area contributed by atoms with Gasteiger partial charge in [-0.2, -0.15) is 0 Å². The maximum atomic E-state index is 14.6. The number of pyridine rings is 1. The van der Waals surface area contributed by atoms with Gasteiger partial charge >= 0.3 is 5.97 Å². The summed E-state index contributed by atoms with van der Waals surface area (Å²) in [6.07, 6.45) is 9.42. The van der Waals surface area contributed by atoms with Gasteiger partial charge in [0.1, 0.15) is 6.61 Å². The third kappa shape index (κ3) is 4.93. The summed E-state index contributed by atoms with van der Waals surface area (Å²) in [5.41, 5.74) is 2.92. The van der Waals surface area contributed by atoms with Gasteiger partial charge in [0, 0.05) is 30.9 Å². The molecule has 1 fully saturated rings. The summed E-state index contributed by atoms with van der Waals surface area (Å²) in [6, 6.07) is 1.84. The van der Waals surface area contributed by atoms with E-state index in [2.05, 4.69) is 15.0 Å². The van der Waals surface area contributed by atoms with Gasteiger partial charge in [0.15, 0.2) is 11.6 Å². The Balaban J connectivity index is 1.54. The lowest BCUT2D eigenvalue weighted by Crippen LogP contribution is -2.31. The van der Waals surface area contributed by atoms with Crippen molar-refractivity contribution in [1.82, 2.24) is 15.0 Å². The number of carbonyl (C=O) groups excluding carboxylic acids is 1. The minimum atomic E-state index is -0.455. The second-order valence-electron chi connectivity index (χ2n) is 7.97. The summed E-state index contributed by atoms with van der Waals surface area (Å²) in [4.78, 5) is 25.7. The highest BCUT2D eigenvalue weighted by atomic mass is 35.5. The highest BCUT2D eigenvalue weighted by molar-refractivity contribution is 6.30. The predicted octanol–water partition coefficient (Wildman–Crippen LogP) is 4.19. The van der Waals surface area contributed by atoms with Crippen molar-refractivity contribution in [3.8, 4) is 0 Å². The molecule has 31 heavy (non-hydrogen) atoms. The predicted molar refractivity (Wildman–Crippen MR) is 114 cm³/mol. The third-order valence-electron chi connectivity index (χ3n) is 5.98. The van der Waals surface area contributed by atoms with Crippen molar-refractivity contribution in [3.05, 3.63) is 58.2 Å². The molecule has 2 aliphatic carbocycles. The molecular formula is C23H25ClFN3O3. The molecule has 2 aliphatic rings. The SMILES string of the molecule is COCCOC(=O)[C@H]1CCCC[C@@H]1Cc1nc(C2=CCc3ncc(Cl)cc32)ncc1F. The third-order valence-corrected chi connectivity index (χ3v) is 6.19. The van der Waals surface area contributed by atoms with Crippen LogP contribution in [0.3, 0.4) is 0 Å². The molecule has 164 valence electrons. The van der Waals surface area contributed by atoms with E-state index in [1.54, 1.807) is 13.3 Å². The van der Waals surface area contributed by atoms with Gasteiger partial charge in [-0.15, -0.1) is 0 Å². The molecule has 0 unspecified atom stereocenters. The first-order valence-corrected chi connectivity index (χ1v) is 11.0. The summed E-state index contributed by atoms with van der Waals surface area (Å²) in [7, 11) is 1.56. The Hall–Kier alpha value is -2.38. The molecule has 0 amide bonds. The van der Waals surface area contributed by atoms with E-state index in [9.17, 15) is 9.18 Å². The second-order valence-corrected chi connectivity index (χ2v) is 8.41. The van der Waals surface area contributed by atoms with Gasteiger partial charge in [0.2, 0.25) is 0 Å². The van der Waals surface area contributed by atoms with Gasteiger partial charge in [-0.05, 0) is 31.2 Å². The first-order chi connectivity index (χ1) is 15.1. The minimum absolute atomic E-state index is 0.0120. The van der Waals surface area contributed by atoms with Crippen LogP contribution < -0.4 is 0 Å². The highest BCUT2D eigenvalue weighted by Crippen LogP contribution is 2.35. The van der Waals surface area contributed by atoms with Gasteiger partial charge in [-0.1, -0.05) is 30.5 Å². The summed E-state index contributed by atoms with van der Waals surface area (Å²) in [6.45, 7) is 0.594. The molecule has 0 spiro atoms. The standard InChI is InChI=1S/C23H25ClFN3O3/c1-30-8-9-31-23(29)16-5-3-2-4-14(16)10-21-19(25)13-27-22(28-21)17-6-7-20-18(17)11-15(24)12-26-20/h6,11-14,16H,2-5,7-10H2,1H3/t14-,16+/m1/s1. The number of ether oxygens (including phenoxy) is 2. The minimum Gasteiger partial charge on any atom is -0.463 e. The van der Waals surface area contributed by atoms with Crippen LogP contribution in [0.5, 0.6) is 0 Å². The van der Waals surface area contributed by atoms with Crippen LogP contribution in [-0.4, -0.2) is 41.2 Å². The zero-order valence-corrected chi connectivity index (χ0v) is 18.2. The average Bonchev–Trinajstić information content (AvgIpc) is 3.19. The number of esters is 1. The van der Waals surface area contributed by atoms with Crippen LogP contribution in [0.25, 0.3) is 5.57 Å². The normalized spacial score (nSPS) is 20.3. The van der Waals surface area contributed by atoms with Crippen LogP contribution in [-0.2, 0) is 27.1 Å². The smallest absolute Gasteiger partial charge is 0.309 e. The molecule has 2 aromatic heterocycles. The molecule has 0 bridgehead atoms. The molecule has 0 saturated heterocycles. The van der Waals surface area contributed by atoms with Gasteiger partial charge < -0.3 is 9.47 Å². The molecule has 0 aliphatic heterocycles. The first kappa shape index (κ1) is 21.8. The van der Waals surface area contributed by atoms with Crippen molar-refractivity contribution in [1.29, 1.82) is 0 Å². The largest absolute Gasteiger partial charge is 0.463 e. The number of aromatic nitrogens is 3. The number of hydrogen-bond donors (Lipinski definition) is 0. The van der Waals surface area contributed by atoms with Crippen molar-refractivity contribution < 1.29 is 18.7 Å². The van der Waals surface area contributed by atoms with Crippen molar-refractivity contribution in [2.75, 3.05) is 20.3 Å². The summed E-state index contributed by atoms with van der Waals surface area (Å²) < 4.78 is 24.9. The Morgan fingerprint density at radius 3 is 2.90 bits per heavy atom. The van der Waals surface area contributed by atoms with Crippen LogP contribution in [0, 0.1) is 17.7 Å². The fourth-order valence-electron chi connectivity index (χ4n) is 4.40. The molecule has 4 rings (SSSR count). The zero-order chi connectivity index (χ0) is 21.8. The van der Waals surface area contributed by atoms with E-state index in [0.717, 1.165) is 42.5 Å². The fraction of sp³-hybridized carbons (Fsp3) is 0.478. The van der Waals surface area contributed by atoms with Crippen LogP contribution in [0.15, 0.2) is 24.5 Å². The number of rotatable bonds is 7. The molecule has 0 radical (unpaired) electrons. The molecule has 2 atom stereocenters. The zero-order valence-electron chi connectivity index (χ0n) is 17.4. The Labute approximate surface area is 185 Å². The lowest BCUT2D eigenvalue weighted by atomic mass is 9.77. The summed E-state index contributed by atoms with van der Waals surface area (Å²) in [5, 5.41) is 0.533. The number of nitrogens with zero attached hydrogens (tertiary/aromatic N) is 3. The van der Waals surface area contributed by atoms with Crippen molar-refractivity contribution in [3.63, 3.8) is 0 Å². The van der Waals surface area contributed by atoms with E-state index < -0.39 is 5.82 Å². The Bertz CT molecular complexity index is 998. The van der Waals surface area contributed by atoms with E-state index >= 15 is 0 Å². The molecule has 6 nitrogen and oxygen atoms in total. The van der Waals surface area contributed by atoms with Gasteiger partial charge in [0.25, 0.3) is 0 Å². The maximum absolute atomic E-state index is 14.6. The van der Waals surface area contributed by atoms with E-state index in [0.29, 0.717) is 36.0 Å². The highest BCUT2D eigenvalue weighted by Gasteiger charge is 2.33. The Morgan fingerprint density at radius 2 is 2.06 bits per heavy atom. The summed E-state index contributed by atoms with van der Waals surface area (Å²) >= 11 is 6.11. The maximum Gasteiger partial charge on any atom is 0.309 e. The van der Waals surface area contributed by atoms with Crippen LogP contribution in [0.2, 0.25) is 5.02 Å². The van der Waals surface area contributed by atoms with Gasteiger partial charge in [0.05, 0.1) is 35.1 Å². The van der Waals surface area contributed by atoms with Gasteiger partial charge in [-0.25, -0.2) is 14.4 Å². The number of halogens is 2. The van der Waals surface area contributed by atoms with Crippen LogP contribution >= 0.6 is 11.6 Å². The van der Waals surface area contributed by atoms with E-state index in [1.165, 1.54) is 6.20 Å². The van der Waals surface area contributed by atoms with Crippen molar-refractivity contribution >= 4 is 23.1 Å². The number of allylic oxidation sites excluding steroid dienone is 1. The van der Waals surface area contributed by atoms with Crippen molar-refractivity contribution in [2.24, 2.45) is 11.8 Å². The molecule has 8 heteroatoms. The van der Waals surface area contributed by atoms with Crippen LogP contribution in [0.4, 0.5) is 4.39 Å². The lowest BCUT2D eigenvalue weighted by Gasteiger charge is -2.29. The first-order valence-electron chi connectivity index (χ1n) is 10.6. The summed E-state index contributed by atoms with van der Waals surface area (Å²) in [5.74, 6) is -0.498. The monoisotopic (exact) mass is 445 g/mol. The van der Waals surface area contributed by atoms with E-state index in [-0.39, 0.29) is 24.4 Å². The van der Waals surface area contributed by atoms with E-state index in [1.807, 2.05) is 12.1 Å². The average molecular weight is 446 g/mol. The number of fused-ring (bicyclic) bond motifs is 1.